The van der Waals surface area contributed by atoms with Gasteiger partial charge in [0.1, 0.15) is 6.26 Å². The number of aromatic carboxylic acids is 1. The summed E-state index contributed by atoms with van der Waals surface area (Å²) < 4.78 is 4.84. The summed E-state index contributed by atoms with van der Waals surface area (Å²) in [5.41, 5.74) is -0.0962. The number of nitrogens with zero attached hydrogens (tertiary/aromatic N) is 1. The number of carboxylic acid groups (broad SMARTS) is 1. The number of aromatic nitrogens is 1. The molecule has 0 saturated heterocycles. The molecule has 2 N–H and O–H groups in total. The van der Waals surface area contributed by atoms with Crippen molar-refractivity contribution in [1.29, 1.82) is 0 Å². The standard InChI is InChI=1S/C8H10N2O3/c1-2-3-4-9-8-10-6(5-13-8)7(11)12/h2,5H,1,3-4H2,(H,9,10)(H,11,12). The average Bonchev–Trinajstić information content (AvgIpc) is 2.53. The lowest BCUT2D eigenvalue weighted by atomic mass is 10.4. The fourth-order valence-corrected chi connectivity index (χ4v) is 0.734. The van der Waals surface area contributed by atoms with Gasteiger partial charge in [-0.3, -0.25) is 0 Å². The van der Waals surface area contributed by atoms with E-state index in [1.807, 2.05) is 0 Å². The number of oxazole rings is 1. The maximum atomic E-state index is 10.4. The molecule has 1 aromatic rings. The molecule has 5 heteroatoms. The van der Waals surface area contributed by atoms with Crippen LogP contribution in [0.25, 0.3) is 0 Å². The number of carboxylic acids is 1. The van der Waals surface area contributed by atoms with E-state index in [-0.39, 0.29) is 11.7 Å². The summed E-state index contributed by atoms with van der Waals surface area (Å²) >= 11 is 0. The topological polar surface area (TPSA) is 75.4 Å². The third-order valence-electron chi connectivity index (χ3n) is 1.35. The fraction of sp³-hybridized carbons (Fsp3) is 0.250. The number of hydrogen-bond acceptors (Lipinski definition) is 4. The third kappa shape index (κ3) is 2.62. The molecule has 0 unspecified atom stereocenters. The van der Waals surface area contributed by atoms with Gasteiger partial charge in [0.15, 0.2) is 5.69 Å². The Morgan fingerprint density at radius 2 is 2.62 bits per heavy atom. The van der Waals surface area contributed by atoms with E-state index in [0.717, 1.165) is 12.7 Å². The van der Waals surface area contributed by atoms with Gasteiger partial charge in [-0.05, 0) is 6.42 Å². The normalized spacial score (nSPS) is 9.54. The van der Waals surface area contributed by atoms with Gasteiger partial charge in [0.25, 0.3) is 6.01 Å². The van der Waals surface area contributed by atoms with E-state index >= 15 is 0 Å². The molecule has 0 spiro atoms. The lowest BCUT2D eigenvalue weighted by Gasteiger charge is -1.95. The second-order valence-electron chi connectivity index (χ2n) is 2.35. The van der Waals surface area contributed by atoms with E-state index in [2.05, 4.69) is 16.9 Å². The van der Waals surface area contributed by atoms with E-state index in [1.54, 1.807) is 6.08 Å². The van der Waals surface area contributed by atoms with Gasteiger partial charge in [-0.1, -0.05) is 6.08 Å². The van der Waals surface area contributed by atoms with Crippen molar-refractivity contribution in [3.8, 4) is 0 Å². The van der Waals surface area contributed by atoms with Crippen molar-refractivity contribution in [2.24, 2.45) is 0 Å². The molecule has 0 bridgehead atoms. The van der Waals surface area contributed by atoms with Gasteiger partial charge in [0.2, 0.25) is 0 Å². The van der Waals surface area contributed by atoms with E-state index in [9.17, 15) is 4.79 Å². The highest BCUT2D eigenvalue weighted by molar-refractivity contribution is 5.85. The minimum atomic E-state index is -1.10. The van der Waals surface area contributed by atoms with Crippen LogP contribution in [0.1, 0.15) is 16.9 Å². The number of nitrogens with one attached hydrogen (secondary N) is 1. The molecule has 0 saturated carbocycles. The Morgan fingerprint density at radius 3 is 3.15 bits per heavy atom. The maximum Gasteiger partial charge on any atom is 0.357 e. The van der Waals surface area contributed by atoms with Crippen LogP contribution in [0.4, 0.5) is 6.01 Å². The molecule has 0 aliphatic heterocycles. The zero-order valence-corrected chi connectivity index (χ0v) is 6.99. The predicted molar refractivity (Wildman–Crippen MR) is 46.8 cm³/mol. The largest absolute Gasteiger partial charge is 0.476 e. The van der Waals surface area contributed by atoms with Crippen LogP contribution in [-0.4, -0.2) is 22.6 Å². The Morgan fingerprint density at radius 1 is 1.85 bits per heavy atom. The predicted octanol–water partition coefficient (Wildman–Crippen LogP) is 1.36. The third-order valence-corrected chi connectivity index (χ3v) is 1.35. The van der Waals surface area contributed by atoms with Crippen molar-refractivity contribution < 1.29 is 14.3 Å². The van der Waals surface area contributed by atoms with Crippen LogP contribution in [0.5, 0.6) is 0 Å². The Balaban J connectivity index is 2.49. The second kappa shape index (κ2) is 4.30. The number of carbonyl (C=O) groups is 1. The lowest BCUT2D eigenvalue weighted by molar-refractivity contribution is 0.0690. The zero-order valence-electron chi connectivity index (χ0n) is 6.99. The highest BCUT2D eigenvalue weighted by atomic mass is 16.4. The van der Waals surface area contributed by atoms with Crippen LogP contribution in [0.2, 0.25) is 0 Å². The molecular formula is C8H10N2O3. The van der Waals surface area contributed by atoms with Crippen LogP contribution in [-0.2, 0) is 0 Å². The molecule has 13 heavy (non-hydrogen) atoms. The molecular weight excluding hydrogens is 172 g/mol. The quantitative estimate of drug-likeness (QED) is 0.531. The van der Waals surface area contributed by atoms with E-state index < -0.39 is 5.97 Å². The molecule has 0 aliphatic carbocycles. The highest BCUT2D eigenvalue weighted by Crippen LogP contribution is 2.06. The van der Waals surface area contributed by atoms with Crippen molar-refractivity contribution in [3.05, 3.63) is 24.6 Å². The van der Waals surface area contributed by atoms with Gasteiger partial charge in [0, 0.05) is 6.54 Å². The summed E-state index contributed by atoms with van der Waals surface area (Å²) in [4.78, 5) is 14.0. The summed E-state index contributed by atoms with van der Waals surface area (Å²) in [6.07, 6.45) is 3.61. The highest BCUT2D eigenvalue weighted by Gasteiger charge is 2.08. The molecule has 0 radical (unpaired) electrons. The van der Waals surface area contributed by atoms with E-state index in [0.29, 0.717) is 6.54 Å². The first-order valence-corrected chi connectivity index (χ1v) is 3.77. The van der Waals surface area contributed by atoms with Crippen molar-refractivity contribution in [2.45, 2.75) is 6.42 Å². The number of rotatable bonds is 5. The molecule has 1 aromatic heterocycles. The lowest BCUT2D eigenvalue weighted by Crippen LogP contribution is -2.01. The van der Waals surface area contributed by atoms with Gasteiger partial charge < -0.3 is 14.8 Å². The van der Waals surface area contributed by atoms with Crippen LogP contribution in [0, 0.1) is 0 Å². The SMILES string of the molecule is C=CCCNc1nc(C(=O)O)co1. The maximum absolute atomic E-state index is 10.4. The van der Waals surface area contributed by atoms with Crippen molar-refractivity contribution >= 4 is 12.0 Å². The van der Waals surface area contributed by atoms with Gasteiger partial charge in [-0.15, -0.1) is 6.58 Å². The molecule has 5 nitrogen and oxygen atoms in total. The molecule has 1 heterocycles. The Hall–Kier alpha value is -1.78. The zero-order chi connectivity index (χ0) is 9.68. The van der Waals surface area contributed by atoms with Gasteiger partial charge >= 0.3 is 5.97 Å². The minimum absolute atomic E-state index is 0.0962. The monoisotopic (exact) mass is 182 g/mol. The van der Waals surface area contributed by atoms with Crippen LogP contribution in [0.3, 0.4) is 0 Å². The van der Waals surface area contributed by atoms with Gasteiger partial charge in [-0.25, -0.2) is 4.79 Å². The first-order chi connectivity index (χ1) is 6.24. The smallest absolute Gasteiger partial charge is 0.357 e. The molecule has 0 amide bonds. The summed E-state index contributed by atoms with van der Waals surface area (Å²) in [6, 6.07) is 0.222. The number of hydrogen-bond donors (Lipinski definition) is 2. The summed E-state index contributed by atoms with van der Waals surface area (Å²) in [6.45, 7) is 4.17. The molecule has 0 atom stereocenters. The molecule has 0 aromatic carbocycles. The Bertz CT molecular complexity index is 306. The van der Waals surface area contributed by atoms with Crippen LogP contribution >= 0.6 is 0 Å². The fourth-order valence-electron chi connectivity index (χ4n) is 0.734. The van der Waals surface area contributed by atoms with Crippen molar-refractivity contribution in [2.75, 3.05) is 11.9 Å². The summed E-state index contributed by atoms with van der Waals surface area (Å²) in [7, 11) is 0. The second-order valence-corrected chi connectivity index (χ2v) is 2.35. The molecule has 70 valence electrons. The molecule has 0 aliphatic rings. The summed E-state index contributed by atoms with van der Waals surface area (Å²) in [5, 5.41) is 11.3. The Labute approximate surface area is 75.1 Å². The van der Waals surface area contributed by atoms with Crippen LogP contribution in [0.15, 0.2) is 23.3 Å². The van der Waals surface area contributed by atoms with Crippen LogP contribution < -0.4 is 5.32 Å². The first-order valence-electron chi connectivity index (χ1n) is 3.77. The minimum Gasteiger partial charge on any atom is -0.476 e. The van der Waals surface area contributed by atoms with Gasteiger partial charge in [-0.2, -0.15) is 4.98 Å². The average molecular weight is 182 g/mol. The molecule has 0 fully saturated rings. The first kappa shape index (κ1) is 9.31. The van der Waals surface area contributed by atoms with Gasteiger partial charge in [0.05, 0.1) is 0 Å². The molecule has 1 rings (SSSR count). The summed E-state index contributed by atoms with van der Waals surface area (Å²) in [5.74, 6) is -1.10. The van der Waals surface area contributed by atoms with E-state index in [1.165, 1.54) is 0 Å². The van der Waals surface area contributed by atoms with Crippen molar-refractivity contribution in [1.82, 2.24) is 4.98 Å². The Kier molecular flexibility index (Phi) is 3.08. The van der Waals surface area contributed by atoms with Crippen molar-refractivity contribution in [3.63, 3.8) is 0 Å². The number of anilines is 1. The van der Waals surface area contributed by atoms with E-state index in [4.69, 9.17) is 9.52 Å².